The fraction of sp³-hybridized carbons (Fsp3) is 0.143. The van der Waals surface area contributed by atoms with Crippen LogP contribution in [0, 0.1) is 6.92 Å². The first-order valence-electron chi connectivity index (χ1n) is 11.5. The third-order valence-corrected chi connectivity index (χ3v) is 6.51. The van der Waals surface area contributed by atoms with E-state index in [4.69, 9.17) is 0 Å². The Kier molecular flexibility index (Phi) is 5.85. The third kappa shape index (κ3) is 3.82. The number of nitrogens with zero attached hydrogens (tertiary/aromatic N) is 3. The summed E-state index contributed by atoms with van der Waals surface area (Å²) >= 11 is 0. The summed E-state index contributed by atoms with van der Waals surface area (Å²) in [4.78, 5) is 54.5. The number of nitrogens with one attached hydrogen (secondary N) is 1. The van der Waals surface area contributed by atoms with Crippen molar-refractivity contribution in [2.45, 2.75) is 19.4 Å². The zero-order chi connectivity index (χ0) is 25.4. The fourth-order valence-electron chi connectivity index (χ4n) is 4.55. The Morgan fingerprint density at radius 3 is 1.92 bits per heavy atom. The van der Waals surface area contributed by atoms with Crippen LogP contribution in [0.25, 0.3) is 5.69 Å². The number of hydrogen-bond donors (Lipinski definition) is 1. The standard InChI is InChI=1S/C28H24N4O4/c1-18-24(28(36)32(30(18)2)20-13-7-4-8-14-20)29-25(33)23(17-19-11-5-3-6-12-19)31-26(34)21-15-9-10-16-22(21)27(31)35/h3-16,23H,17H2,1-2H3,(H,29,33)/t23-/m0/s1. The van der Waals surface area contributed by atoms with Crippen molar-refractivity contribution >= 4 is 23.4 Å². The van der Waals surface area contributed by atoms with Gasteiger partial charge in [-0.3, -0.25) is 28.8 Å². The molecule has 0 fully saturated rings. The molecule has 1 aliphatic rings. The third-order valence-electron chi connectivity index (χ3n) is 6.51. The molecule has 36 heavy (non-hydrogen) atoms. The molecular weight excluding hydrogens is 456 g/mol. The summed E-state index contributed by atoms with van der Waals surface area (Å²) in [6.45, 7) is 1.73. The Hall–Kier alpha value is -4.72. The number of carbonyl (C=O) groups excluding carboxylic acids is 3. The molecule has 0 bridgehead atoms. The van der Waals surface area contributed by atoms with Crippen LogP contribution < -0.4 is 10.9 Å². The molecule has 2 heterocycles. The first kappa shape index (κ1) is 23.0. The van der Waals surface area contributed by atoms with Crippen LogP contribution >= 0.6 is 0 Å². The molecule has 1 aliphatic heterocycles. The number of aromatic nitrogens is 2. The van der Waals surface area contributed by atoms with Crippen LogP contribution in [0.4, 0.5) is 5.69 Å². The van der Waals surface area contributed by atoms with Gasteiger partial charge >= 0.3 is 0 Å². The molecule has 0 radical (unpaired) electrons. The van der Waals surface area contributed by atoms with Gasteiger partial charge in [0.25, 0.3) is 17.4 Å². The van der Waals surface area contributed by atoms with E-state index in [1.807, 2.05) is 48.5 Å². The molecule has 3 amide bonds. The average molecular weight is 481 g/mol. The number of hydrogen-bond acceptors (Lipinski definition) is 4. The molecule has 1 aromatic heterocycles. The Morgan fingerprint density at radius 2 is 1.33 bits per heavy atom. The molecule has 0 unspecified atom stereocenters. The summed E-state index contributed by atoms with van der Waals surface area (Å²) < 4.78 is 3.11. The molecule has 0 saturated carbocycles. The van der Waals surface area contributed by atoms with Gasteiger partial charge in [-0.05, 0) is 36.8 Å². The van der Waals surface area contributed by atoms with Gasteiger partial charge in [-0.15, -0.1) is 0 Å². The summed E-state index contributed by atoms with van der Waals surface area (Å²) in [5, 5.41) is 2.74. The largest absolute Gasteiger partial charge is 0.318 e. The van der Waals surface area contributed by atoms with E-state index >= 15 is 0 Å². The number of rotatable bonds is 6. The molecule has 0 aliphatic carbocycles. The Balaban J connectivity index is 1.53. The van der Waals surface area contributed by atoms with E-state index in [1.54, 1.807) is 55.1 Å². The second-order valence-electron chi connectivity index (χ2n) is 8.66. The van der Waals surface area contributed by atoms with Crippen molar-refractivity contribution in [2.75, 3.05) is 5.32 Å². The lowest BCUT2D eigenvalue weighted by Crippen LogP contribution is -2.49. The van der Waals surface area contributed by atoms with Gasteiger partial charge in [-0.1, -0.05) is 60.7 Å². The number of anilines is 1. The first-order chi connectivity index (χ1) is 17.4. The van der Waals surface area contributed by atoms with Crippen molar-refractivity contribution < 1.29 is 14.4 Å². The fourth-order valence-corrected chi connectivity index (χ4v) is 4.55. The van der Waals surface area contributed by atoms with E-state index in [0.717, 1.165) is 10.5 Å². The minimum absolute atomic E-state index is 0.0982. The quantitative estimate of drug-likeness (QED) is 0.429. The predicted octanol–water partition coefficient (Wildman–Crippen LogP) is 3.33. The maximum Gasteiger partial charge on any atom is 0.295 e. The van der Waals surface area contributed by atoms with Crippen molar-refractivity contribution in [1.82, 2.24) is 14.3 Å². The molecule has 1 N–H and O–H groups in total. The highest BCUT2D eigenvalue weighted by atomic mass is 16.2. The lowest BCUT2D eigenvalue weighted by atomic mass is 10.0. The number of para-hydroxylation sites is 1. The van der Waals surface area contributed by atoms with E-state index in [0.29, 0.717) is 11.4 Å². The number of benzene rings is 3. The molecule has 180 valence electrons. The Bertz CT molecular complexity index is 1500. The zero-order valence-corrected chi connectivity index (χ0v) is 19.8. The second kappa shape index (κ2) is 9.14. The van der Waals surface area contributed by atoms with E-state index in [2.05, 4.69) is 5.32 Å². The smallest absolute Gasteiger partial charge is 0.295 e. The Labute approximate surface area is 207 Å². The van der Waals surface area contributed by atoms with Gasteiger partial charge in [-0.2, -0.15) is 0 Å². The van der Waals surface area contributed by atoms with E-state index in [-0.39, 0.29) is 23.2 Å². The van der Waals surface area contributed by atoms with Gasteiger partial charge < -0.3 is 5.32 Å². The van der Waals surface area contributed by atoms with Gasteiger partial charge in [0.15, 0.2) is 0 Å². The average Bonchev–Trinajstić information content (AvgIpc) is 3.27. The second-order valence-corrected chi connectivity index (χ2v) is 8.66. The van der Waals surface area contributed by atoms with Crippen molar-refractivity contribution in [3.05, 3.63) is 118 Å². The molecule has 8 nitrogen and oxygen atoms in total. The highest BCUT2D eigenvalue weighted by molar-refractivity contribution is 6.23. The van der Waals surface area contributed by atoms with Crippen molar-refractivity contribution in [3.8, 4) is 5.69 Å². The van der Waals surface area contributed by atoms with Gasteiger partial charge in [-0.25, -0.2) is 4.68 Å². The van der Waals surface area contributed by atoms with Gasteiger partial charge in [0.05, 0.1) is 22.5 Å². The van der Waals surface area contributed by atoms with Crippen LogP contribution in [0.1, 0.15) is 32.0 Å². The van der Waals surface area contributed by atoms with Crippen LogP contribution in [-0.4, -0.2) is 38.0 Å². The zero-order valence-electron chi connectivity index (χ0n) is 19.8. The summed E-state index contributed by atoms with van der Waals surface area (Å²) in [5.74, 6) is -1.67. The first-order valence-corrected chi connectivity index (χ1v) is 11.5. The molecule has 0 saturated heterocycles. The number of fused-ring (bicyclic) bond motifs is 1. The monoisotopic (exact) mass is 480 g/mol. The SMILES string of the molecule is Cc1c(NC(=O)[C@H](Cc2ccccc2)N2C(=O)c3ccccc3C2=O)c(=O)n(-c2ccccc2)n1C. The molecule has 4 aromatic rings. The highest BCUT2D eigenvalue weighted by Gasteiger charge is 2.43. The molecule has 3 aromatic carbocycles. The van der Waals surface area contributed by atoms with Crippen molar-refractivity contribution in [1.29, 1.82) is 0 Å². The van der Waals surface area contributed by atoms with Crippen LogP contribution in [0.3, 0.4) is 0 Å². The van der Waals surface area contributed by atoms with Gasteiger partial charge in [0.1, 0.15) is 11.7 Å². The lowest BCUT2D eigenvalue weighted by molar-refractivity contribution is -0.119. The predicted molar refractivity (Wildman–Crippen MR) is 135 cm³/mol. The summed E-state index contributed by atoms with van der Waals surface area (Å²) in [6.07, 6.45) is 0.108. The topological polar surface area (TPSA) is 93.4 Å². The van der Waals surface area contributed by atoms with Gasteiger partial charge in [0, 0.05) is 13.5 Å². The summed E-state index contributed by atoms with van der Waals surface area (Å²) in [5.41, 5.74) is 2.18. The normalized spacial score (nSPS) is 13.6. The van der Waals surface area contributed by atoms with Crippen molar-refractivity contribution in [2.24, 2.45) is 7.05 Å². The molecular formula is C28H24N4O4. The van der Waals surface area contributed by atoms with E-state index in [9.17, 15) is 19.2 Å². The number of carbonyl (C=O) groups is 3. The van der Waals surface area contributed by atoms with E-state index < -0.39 is 29.3 Å². The molecule has 8 heteroatoms. The minimum atomic E-state index is -1.15. The van der Waals surface area contributed by atoms with Crippen LogP contribution in [0.5, 0.6) is 0 Å². The number of amides is 3. The highest BCUT2D eigenvalue weighted by Crippen LogP contribution is 2.27. The summed E-state index contributed by atoms with van der Waals surface area (Å²) in [6, 6.07) is 23.6. The Morgan fingerprint density at radius 1 is 0.806 bits per heavy atom. The lowest BCUT2D eigenvalue weighted by Gasteiger charge is -2.25. The minimum Gasteiger partial charge on any atom is -0.318 e. The van der Waals surface area contributed by atoms with E-state index in [1.165, 1.54) is 4.68 Å². The number of imide groups is 1. The molecule has 5 rings (SSSR count). The molecule has 1 atom stereocenters. The summed E-state index contributed by atoms with van der Waals surface area (Å²) in [7, 11) is 1.73. The van der Waals surface area contributed by atoms with Crippen molar-refractivity contribution in [3.63, 3.8) is 0 Å². The maximum absolute atomic E-state index is 13.7. The van der Waals surface area contributed by atoms with Crippen LogP contribution in [0.15, 0.2) is 89.7 Å². The maximum atomic E-state index is 13.7. The van der Waals surface area contributed by atoms with Gasteiger partial charge in [0.2, 0.25) is 5.91 Å². The molecule has 0 spiro atoms. The van der Waals surface area contributed by atoms with Crippen LogP contribution in [-0.2, 0) is 18.3 Å². The van der Waals surface area contributed by atoms with Crippen LogP contribution in [0.2, 0.25) is 0 Å².